The van der Waals surface area contributed by atoms with Crippen LogP contribution in [-0.4, -0.2) is 11.0 Å². The molecule has 114 valence electrons. The minimum absolute atomic E-state index is 0.641. The van der Waals surface area contributed by atoms with Gasteiger partial charge in [-0.3, -0.25) is 4.98 Å². The largest absolute Gasteiger partial charge is 0.309 e. The Morgan fingerprint density at radius 1 is 1.09 bits per heavy atom. The molecule has 2 aromatic rings. The minimum atomic E-state index is 0.641. The van der Waals surface area contributed by atoms with Gasteiger partial charge in [-0.2, -0.15) is 0 Å². The van der Waals surface area contributed by atoms with E-state index in [9.17, 15) is 0 Å². The molecule has 0 spiro atoms. The Balaban J connectivity index is 1.51. The molecule has 2 fully saturated rings. The standard InChI is InChI=1S/C20H24N2/c1-14-12-21-11-10-16(14)13-22-20-18-9-5-8-17(18)19(20)15-6-3-2-4-7-15/h2-4,6-7,10-12,17-20,22H,5,8-9,13H2,1H3/t17-,18+,19+,20+/m0/s1. The molecule has 1 aromatic carbocycles. The van der Waals surface area contributed by atoms with E-state index in [-0.39, 0.29) is 0 Å². The normalized spacial score (nSPS) is 29.9. The van der Waals surface area contributed by atoms with Crippen LogP contribution in [0.2, 0.25) is 0 Å². The topological polar surface area (TPSA) is 24.9 Å². The molecule has 0 aliphatic heterocycles. The lowest BCUT2D eigenvalue weighted by molar-refractivity contribution is 0.0940. The first kappa shape index (κ1) is 14.0. The molecule has 0 saturated heterocycles. The van der Waals surface area contributed by atoms with Gasteiger partial charge >= 0.3 is 0 Å². The molecular weight excluding hydrogens is 268 g/mol. The first-order chi connectivity index (χ1) is 10.8. The number of aromatic nitrogens is 1. The Hall–Kier alpha value is -1.67. The molecule has 0 bridgehead atoms. The van der Waals surface area contributed by atoms with E-state index in [2.05, 4.69) is 53.6 Å². The fourth-order valence-electron chi connectivity index (χ4n) is 4.63. The average Bonchev–Trinajstić information content (AvgIpc) is 2.94. The van der Waals surface area contributed by atoms with Gasteiger partial charge in [0, 0.05) is 30.9 Å². The van der Waals surface area contributed by atoms with Gasteiger partial charge in [-0.25, -0.2) is 0 Å². The molecule has 22 heavy (non-hydrogen) atoms. The number of hydrogen-bond donors (Lipinski definition) is 1. The van der Waals surface area contributed by atoms with Gasteiger partial charge in [0.25, 0.3) is 0 Å². The highest BCUT2D eigenvalue weighted by Crippen LogP contribution is 2.55. The number of fused-ring (bicyclic) bond motifs is 1. The van der Waals surface area contributed by atoms with E-state index in [4.69, 9.17) is 0 Å². The van der Waals surface area contributed by atoms with E-state index < -0.39 is 0 Å². The second kappa shape index (κ2) is 5.85. The van der Waals surface area contributed by atoms with Gasteiger partial charge in [-0.1, -0.05) is 36.8 Å². The van der Waals surface area contributed by atoms with Crippen molar-refractivity contribution < 1.29 is 0 Å². The monoisotopic (exact) mass is 292 g/mol. The zero-order chi connectivity index (χ0) is 14.9. The van der Waals surface area contributed by atoms with E-state index in [0.29, 0.717) is 12.0 Å². The first-order valence-corrected chi connectivity index (χ1v) is 8.52. The highest BCUT2D eigenvalue weighted by Gasteiger charge is 2.52. The van der Waals surface area contributed by atoms with Crippen LogP contribution in [0.1, 0.15) is 41.9 Å². The Labute approximate surface area is 133 Å². The molecule has 0 amide bonds. The quantitative estimate of drug-likeness (QED) is 0.919. The predicted molar refractivity (Wildman–Crippen MR) is 89.6 cm³/mol. The maximum atomic E-state index is 4.19. The summed E-state index contributed by atoms with van der Waals surface area (Å²) in [6, 6.07) is 13.9. The van der Waals surface area contributed by atoms with Crippen molar-refractivity contribution >= 4 is 0 Å². The maximum Gasteiger partial charge on any atom is 0.0300 e. The third-order valence-corrected chi connectivity index (χ3v) is 5.78. The summed E-state index contributed by atoms with van der Waals surface area (Å²) < 4.78 is 0. The molecule has 0 radical (unpaired) electrons. The molecular formula is C20H24N2. The first-order valence-electron chi connectivity index (χ1n) is 8.52. The third-order valence-electron chi connectivity index (χ3n) is 5.78. The van der Waals surface area contributed by atoms with Gasteiger partial charge in [0.2, 0.25) is 0 Å². The van der Waals surface area contributed by atoms with Gasteiger partial charge in [0.05, 0.1) is 0 Å². The van der Waals surface area contributed by atoms with E-state index in [1.807, 2.05) is 12.4 Å². The van der Waals surface area contributed by atoms with Crippen molar-refractivity contribution in [2.24, 2.45) is 11.8 Å². The molecule has 4 rings (SSSR count). The summed E-state index contributed by atoms with van der Waals surface area (Å²) in [5.41, 5.74) is 4.19. The van der Waals surface area contributed by atoms with E-state index in [0.717, 1.165) is 18.4 Å². The lowest BCUT2D eigenvalue weighted by Gasteiger charge is -2.50. The number of hydrogen-bond acceptors (Lipinski definition) is 2. The third kappa shape index (κ3) is 2.36. The summed E-state index contributed by atoms with van der Waals surface area (Å²) in [7, 11) is 0. The molecule has 2 saturated carbocycles. The van der Waals surface area contributed by atoms with Crippen molar-refractivity contribution in [1.29, 1.82) is 0 Å². The van der Waals surface area contributed by atoms with Crippen LogP contribution >= 0.6 is 0 Å². The molecule has 2 aliphatic rings. The second-order valence-corrected chi connectivity index (χ2v) is 6.90. The van der Waals surface area contributed by atoms with Gasteiger partial charge in [0.15, 0.2) is 0 Å². The van der Waals surface area contributed by atoms with Crippen molar-refractivity contribution in [3.8, 4) is 0 Å². The number of pyridine rings is 1. The van der Waals surface area contributed by atoms with Gasteiger partial charge in [0.1, 0.15) is 0 Å². The van der Waals surface area contributed by atoms with Crippen LogP contribution in [0.25, 0.3) is 0 Å². The van der Waals surface area contributed by atoms with Crippen molar-refractivity contribution in [3.63, 3.8) is 0 Å². The lowest BCUT2D eigenvalue weighted by Crippen LogP contribution is -2.54. The van der Waals surface area contributed by atoms with Crippen LogP contribution in [-0.2, 0) is 6.54 Å². The van der Waals surface area contributed by atoms with Crippen LogP contribution < -0.4 is 5.32 Å². The van der Waals surface area contributed by atoms with Gasteiger partial charge < -0.3 is 5.32 Å². The highest BCUT2D eigenvalue weighted by molar-refractivity contribution is 5.29. The number of nitrogens with zero attached hydrogens (tertiary/aromatic N) is 1. The van der Waals surface area contributed by atoms with Crippen molar-refractivity contribution in [1.82, 2.24) is 10.3 Å². The molecule has 1 aromatic heterocycles. The lowest BCUT2D eigenvalue weighted by atomic mass is 9.60. The van der Waals surface area contributed by atoms with E-state index >= 15 is 0 Å². The smallest absolute Gasteiger partial charge is 0.0300 e. The number of rotatable bonds is 4. The zero-order valence-corrected chi connectivity index (χ0v) is 13.2. The minimum Gasteiger partial charge on any atom is -0.309 e. The number of aryl methyl sites for hydroxylation is 1. The number of benzene rings is 1. The summed E-state index contributed by atoms with van der Waals surface area (Å²) in [5.74, 6) is 2.49. The van der Waals surface area contributed by atoms with Crippen LogP contribution in [0.3, 0.4) is 0 Å². The summed E-state index contributed by atoms with van der Waals surface area (Å²) >= 11 is 0. The zero-order valence-electron chi connectivity index (χ0n) is 13.2. The van der Waals surface area contributed by atoms with E-state index in [1.165, 1.54) is 36.0 Å². The van der Waals surface area contributed by atoms with Crippen molar-refractivity contribution in [3.05, 3.63) is 65.5 Å². The molecule has 1 N–H and O–H groups in total. The number of nitrogens with one attached hydrogen (secondary N) is 1. The van der Waals surface area contributed by atoms with Crippen LogP contribution in [0, 0.1) is 18.8 Å². The predicted octanol–water partition coefficient (Wildman–Crippen LogP) is 4.06. The summed E-state index contributed by atoms with van der Waals surface area (Å²) in [4.78, 5) is 4.19. The summed E-state index contributed by atoms with van der Waals surface area (Å²) in [6.07, 6.45) is 8.09. The fourth-order valence-corrected chi connectivity index (χ4v) is 4.63. The van der Waals surface area contributed by atoms with E-state index in [1.54, 1.807) is 0 Å². The Morgan fingerprint density at radius 2 is 1.91 bits per heavy atom. The van der Waals surface area contributed by atoms with Crippen molar-refractivity contribution in [2.75, 3.05) is 0 Å². The van der Waals surface area contributed by atoms with Crippen LogP contribution in [0.5, 0.6) is 0 Å². The fraction of sp³-hybridized carbons (Fsp3) is 0.450. The Morgan fingerprint density at radius 3 is 2.73 bits per heavy atom. The Bertz CT molecular complexity index is 637. The van der Waals surface area contributed by atoms with Crippen LogP contribution in [0.15, 0.2) is 48.8 Å². The summed E-state index contributed by atoms with van der Waals surface area (Å²) in [5, 5.41) is 3.87. The van der Waals surface area contributed by atoms with Crippen LogP contribution in [0.4, 0.5) is 0 Å². The van der Waals surface area contributed by atoms with Crippen molar-refractivity contribution in [2.45, 2.75) is 44.7 Å². The second-order valence-electron chi connectivity index (χ2n) is 6.90. The van der Waals surface area contributed by atoms with Gasteiger partial charge in [-0.05, 0) is 54.4 Å². The average molecular weight is 292 g/mol. The highest BCUT2D eigenvalue weighted by atomic mass is 15.0. The molecule has 1 heterocycles. The molecule has 2 heteroatoms. The molecule has 0 unspecified atom stereocenters. The molecule has 2 nitrogen and oxygen atoms in total. The van der Waals surface area contributed by atoms with Gasteiger partial charge in [-0.15, -0.1) is 0 Å². The molecule has 2 aliphatic carbocycles. The molecule has 4 atom stereocenters. The maximum absolute atomic E-state index is 4.19. The SMILES string of the molecule is Cc1cnccc1CN[C@@H]1[C@@H]2CCC[C@@H]2[C@H]1c1ccccc1. The Kier molecular flexibility index (Phi) is 3.71. The summed E-state index contributed by atoms with van der Waals surface area (Å²) in [6.45, 7) is 3.11.